The highest BCUT2D eigenvalue weighted by atomic mass is 16.5. The number of ether oxygens (including phenoxy) is 1. The van der Waals surface area contributed by atoms with E-state index in [-0.39, 0.29) is 0 Å². The van der Waals surface area contributed by atoms with Crippen LogP contribution in [0.5, 0.6) is 5.75 Å². The molecule has 0 fully saturated rings. The van der Waals surface area contributed by atoms with E-state index in [2.05, 4.69) is 19.2 Å². The number of nitrogens with zero attached hydrogens (tertiary/aromatic N) is 1. The van der Waals surface area contributed by atoms with Crippen molar-refractivity contribution >= 4 is 5.91 Å². The Labute approximate surface area is 108 Å². The lowest BCUT2D eigenvalue weighted by Crippen LogP contribution is -2.21. The van der Waals surface area contributed by atoms with Crippen LogP contribution in [-0.4, -0.2) is 13.0 Å². The Balaban J connectivity index is 3.03. The first-order valence-electron chi connectivity index (χ1n) is 5.85. The van der Waals surface area contributed by atoms with E-state index in [1.165, 1.54) is 6.07 Å². The summed E-state index contributed by atoms with van der Waals surface area (Å²) < 4.78 is 5.35. The number of aryl methyl sites for hydroxylation is 1. The smallest absolute Gasteiger partial charge is 0.322 e. The predicted octanol–water partition coefficient (Wildman–Crippen LogP) is 2.27. The van der Waals surface area contributed by atoms with Crippen molar-refractivity contribution in [2.24, 2.45) is 0 Å². The van der Waals surface area contributed by atoms with E-state index in [0.717, 1.165) is 22.4 Å². The van der Waals surface area contributed by atoms with E-state index in [4.69, 9.17) is 10.00 Å². The minimum atomic E-state index is -0.615. The largest absolute Gasteiger partial charge is 0.496 e. The number of carbonyl (C=O) groups is 1. The number of methoxy groups -OCH3 is 1. The second kappa shape index (κ2) is 6.06. The quantitative estimate of drug-likeness (QED) is 0.829. The molecule has 1 amide bonds. The summed E-state index contributed by atoms with van der Waals surface area (Å²) in [5.74, 6) is 0.583. The van der Waals surface area contributed by atoms with Gasteiger partial charge in [-0.05, 0) is 41.7 Å². The van der Waals surface area contributed by atoms with E-state index >= 15 is 0 Å². The number of amides is 1. The maximum Gasteiger partial charge on any atom is 0.322 e. The van der Waals surface area contributed by atoms with Gasteiger partial charge in [0, 0.05) is 6.54 Å². The van der Waals surface area contributed by atoms with Gasteiger partial charge < -0.3 is 10.1 Å². The lowest BCUT2D eigenvalue weighted by Gasteiger charge is -2.16. The van der Waals surface area contributed by atoms with E-state index in [1.54, 1.807) is 7.11 Å². The van der Waals surface area contributed by atoms with E-state index in [1.807, 2.05) is 19.1 Å². The van der Waals surface area contributed by atoms with Crippen LogP contribution in [0.3, 0.4) is 0 Å². The van der Waals surface area contributed by atoms with Crippen LogP contribution in [0.15, 0.2) is 12.1 Å². The van der Waals surface area contributed by atoms with Crippen molar-refractivity contribution in [2.75, 3.05) is 7.11 Å². The van der Waals surface area contributed by atoms with Crippen LogP contribution in [-0.2, 0) is 11.3 Å². The van der Waals surface area contributed by atoms with Gasteiger partial charge >= 0.3 is 5.91 Å². The Morgan fingerprint density at radius 1 is 1.50 bits per heavy atom. The average Bonchev–Trinajstić information content (AvgIpc) is 2.35. The number of rotatable bonds is 4. The fourth-order valence-corrected chi connectivity index (χ4v) is 1.78. The minimum Gasteiger partial charge on any atom is -0.496 e. The molecule has 96 valence electrons. The number of carbonyl (C=O) groups excluding carboxylic acids is 1. The normalized spacial score (nSPS) is 10.0. The Kier molecular flexibility index (Phi) is 4.73. The summed E-state index contributed by atoms with van der Waals surface area (Å²) in [7, 11) is 1.65. The van der Waals surface area contributed by atoms with Crippen LogP contribution in [0.25, 0.3) is 0 Å². The zero-order valence-corrected chi connectivity index (χ0v) is 11.2. The first-order valence-corrected chi connectivity index (χ1v) is 5.85. The van der Waals surface area contributed by atoms with E-state index in [0.29, 0.717) is 12.5 Å². The average molecular weight is 246 g/mol. The molecule has 0 spiro atoms. The first kappa shape index (κ1) is 14.0. The molecule has 0 aliphatic rings. The SMILES string of the molecule is COc1cc(C)c(CNC(=O)C#N)cc1C(C)C. The van der Waals surface area contributed by atoms with Gasteiger partial charge in [-0.1, -0.05) is 13.8 Å². The zero-order valence-electron chi connectivity index (χ0n) is 11.2. The van der Waals surface area contributed by atoms with E-state index in [9.17, 15) is 4.79 Å². The third-order valence-electron chi connectivity index (χ3n) is 2.85. The number of nitriles is 1. The van der Waals surface area contributed by atoms with Gasteiger partial charge in [0.05, 0.1) is 7.11 Å². The van der Waals surface area contributed by atoms with Crippen molar-refractivity contribution in [3.05, 3.63) is 28.8 Å². The molecule has 0 radical (unpaired) electrons. The Morgan fingerprint density at radius 3 is 2.67 bits per heavy atom. The molecule has 4 nitrogen and oxygen atoms in total. The molecule has 1 N–H and O–H groups in total. The van der Waals surface area contributed by atoms with Crippen LogP contribution in [0, 0.1) is 18.3 Å². The van der Waals surface area contributed by atoms with Gasteiger partial charge in [0.2, 0.25) is 0 Å². The van der Waals surface area contributed by atoms with Crippen molar-refractivity contribution in [3.63, 3.8) is 0 Å². The summed E-state index contributed by atoms with van der Waals surface area (Å²) in [6, 6.07) is 5.53. The molecule has 0 aliphatic heterocycles. The summed E-state index contributed by atoms with van der Waals surface area (Å²) in [5.41, 5.74) is 3.14. The number of nitrogens with one attached hydrogen (secondary N) is 1. The van der Waals surface area contributed by atoms with Gasteiger partial charge in [-0.25, -0.2) is 0 Å². The predicted molar refractivity (Wildman–Crippen MR) is 69.3 cm³/mol. The summed E-state index contributed by atoms with van der Waals surface area (Å²) in [4.78, 5) is 10.9. The fourth-order valence-electron chi connectivity index (χ4n) is 1.78. The van der Waals surface area contributed by atoms with Crippen molar-refractivity contribution in [3.8, 4) is 11.8 Å². The maximum absolute atomic E-state index is 10.9. The zero-order chi connectivity index (χ0) is 13.7. The Hall–Kier alpha value is -2.02. The lowest BCUT2D eigenvalue weighted by molar-refractivity contribution is -0.116. The molecule has 1 rings (SSSR count). The molecule has 0 aliphatic carbocycles. The van der Waals surface area contributed by atoms with Crippen LogP contribution in [0.4, 0.5) is 0 Å². The molecule has 1 aromatic carbocycles. The van der Waals surface area contributed by atoms with Gasteiger partial charge in [-0.3, -0.25) is 4.79 Å². The summed E-state index contributed by atoms with van der Waals surface area (Å²) in [6.45, 7) is 6.50. The summed E-state index contributed by atoms with van der Waals surface area (Å²) in [6.07, 6.45) is 0. The molecule has 1 aromatic rings. The molecule has 0 atom stereocenters. The van der Waals surface area contributed by atoms with Crippen LogP contribution >= 0.6 is 0 Å². The maximum atomic E-state index is 10.9. The standard InChI is InChI=1S/C14H18N2O2/c1-9(2)12-6-11(8-16-14(17)7-15)10(3)5-13(12)18-4/h5-6,9H,8H2,1-4H3,(H,16,17). The van der Waals surface area contributed by atoms with Gasteiger partial charge in [-0.15, -0.1) is 0 Å². The molecule has 0 saturated heterocycles. The van der Waals surface area contributed by atoms with Crippen LogP contribution in [0.1, 0.15) is 36.5 Å². The fraction of sp³-hybridized carbons (Fsp3) is 0.429. The number of hydrogen-bond acceptors (Lipinski definition) is 3. The molecule has 18 heavy (non-hydrogen) atoms. The number of hydrogen-bond donors (Lipinski definition) is 1. The minimum absolute atomic E-state index is 0.339. The van der Waals surface area contributed by atoms with Crippen molar-refractivity contribution in [1.29, 1.82) is 5.26 Å². The highest BCUT2D eigenvalue weighted by Gasteiger charge is 2.11. The number of benzene rings is 1. The molecular formula is C14H18N2O2. The third kappa shape index (κ3) is 3.24. The summed E-state index contributed by atoms with van der Waals surface area (Å²) >= 11 is 0. The van der Waals surface area contributed by atoms with Crippen LogP contribution in [0.2, 0.25) is 0 Å². The second-order valence-corrected chi connectivity index (χ2v) is 4.47. The molecule has 0 aromatic heterocycles. The topological polar surface area (TPSA) is 62.1 Å². The third-order valence-corrected chi connectivity index (χ3v) is 2.85. The molecule has 0 bridgehead atoms. The first-order chi connectivity index (χ1) is 8.49. The van der Waals surface area contributed by atoms with Crippen LogP contribution < -0.4 is 10.1 Å². The molecule has 0 saturated carbocycles. The van der Waals surface area contributed by atoms with Crippen molar-refractivity contribution < 1.29 is 9.53 Å². The monoisotopic (exact) mass is 246 g/mol. The Bertz CT molecular complexity index is 487. The Morgan fingerprint density at radius 2 is 2.17 bits per heavy atom. The van der Waals surface area contributed by atoms with Gasteiger partial charge in [0.15, 0.2) is 6.07 Å². The molecular weight excluding hydrogens is 228 g/mol. The van der Waals surface area contributed by atoms with Gasteiger partial charge in [0.25, 0.3) is 0 Å². The van der Waals surface area contributed by atoms with Gasteiger partial charge in [-0.2, -0.15) is 5.26 Å². The second-order valence-electron chi connectivity index (χ2n) is 4.47. The molecule has 0 heterocycles. The molecule has 0 unspecified atom stereocenters. The molecule has 4 heteroatoms. The highest BCUT2D eigenvalue weighted by molar-refractivity contribution is 5.91. The van der Waals surface area contributed by atoms with E-state index < -0.39 is 5.91 Å². The summed E-state index contributed by atoms with van der Waals surface area (Å²) in [5, 5.41) is 11.0. The van der Waals surface area contributed by atoms with Gasteiger partial charge in [0.1, 0.15) is 5.75 Å². The lowest BCUT2D eigenvalue weighted by atomic mass is 9.96. The van der Waals surface area contributed by atoms with Crippen molar-refractivity contribution in [2.45, 2.75) is 33.2 Å². The highest BCUT2D eigenvalue weighted by Crippen LogP contribution is 2.29. The van der Waals surface area contributed by atoms with Crippen molar-refractivity contribution in [1.82, 2.24) is 5.32 Å².